The number of morpholine rings is 1. The summed E-state index contributed by atoms with van der Waals surface area (Å²) in [6, 6.07) is 11.7. The Hall–Kier alpha value is -2.40. The second kappa shape index (κ2) is 7.93. The van der Waals surface area contributed by atoms with E-state index in [4.69, 9.17) is 4.74 Å². The molecule has 0 atom stereocenters. The average Bonchev–Trinajstić information content (AvgIpc) is 2.64. The largest absolute Gasteiger partial charge is 0.378 e. The molecule has 1 aliphatic heterocycles. The van der Waals surface area contributed by atoms with E-state index < -0.39 is 0 Å². The van der Waals surface area contributed by atoms with E-state index in [0.29, 0.717) is 5.56 Å². The third-order valence-corrected chi connectivity index (χ3v) is 4.10. The molecule has 0 spiro atoms. The van der Waals surface area contributed by atoms with Gasteiger partial charge in [-0.1, -0.05) is 25.5 Å². The molecule has 3 rings (SSSR count). The fourth-order valence-corrected chi connectivity index (χ4v) is 2.75. The number of aromatic nitrogens is 1. The Morgan fingerprint density at radius 3 is 2.54 bits per heavy atom. The van der Waals surface area contributed by atoms with Gasteiger partial charge in [0, 0.05) is 25.0 Å². The molecule has 5 nitrogen and oxygen atoms in total. The Bertz CT molecular complexity index is 662. The van der Waals surface area contributed by atoms with Crippen LogP contribution in [-0.4, -0.2) is 37.2 Å². The van der Waals surface area contributed by atoms with Gasteiger partial charge >= 0.3 is 0 Å². The predicted molar refractivity (Wildman–Crippen MR) is 95.7 cm³/mol. The summed E-state index contributed by atoms with van der Waals surface area (Å²) in [7, 11) is 0. The topological polar surface area (TPSA) is 54.5 Å². The number of carbonyl (C=O) groups excluding carboxylic acids is 1. The summed E-state index contributed by atoms with van der Waals surface area (Å²) in [5.74, 6) is 0.748. The van der Waals surface area contributed by atoms with Crippen LogP contribution < -0.4 is 10.2 Å². The van der Waals surface area contributed by atoms with Crippen molar-refractivity contribution in [2.75, 3.05) is 36.5 Å². The van der Waals surface area contributed by atoms with Crippen molar-refractivity contribution in [1.82, 2.24) is 4.98 Å². The maximum absolute atomic E-state index is 12.3. The molecule has 1 aliphatic rings. The van der Waals surface area contributed by atoms with Crippen LogP contribution in [0.2, 0.25) is 0 Å². The van der Waals surface area contributed by atoms with Gasteiger partial charge in [0.25, 0.3) is 5.91 Å². The molecule has 5 heteroatoms. The number of nitrogens with zero attached hydrogens (tertiary/aromatic N) is 2. The molecule has 1 aromatic carbocycles. The normalized spacial score (nSPS) is 14.5. The molecule has 126 valence electrons. The number of hydrogen-bond acceptors (Lipinski definition) is 4. The lowest BCUT2D eigenvalue weighted by molar-refractivity contribution is 0.102. The summed E-state index contributed by atoms with van der Waals surface area (Å²) in [5, 5.41) is 2.91. The van der Waals surface area contributed by atoms with Crippen molar-refractivity contribution in [3.63, 3.8) is 0 Å². The standard InChI is InChI=1S/C19H23N3O2/c1-2-3-15-4-7-17(8-5-15)21-19(23)16-6-9-18(20-14-16)22-10-12-24-13-11-22/h4-9,14H,2-3,10-13H2,1H3,(H,21,23). The van der Waals surface area contributed by atoms with Gasteiger partial charge in [-0.05, 0) is 36.2 Å². The molecule has 0 aliphatic carbocycles. The molecule has 1 amide bonds. The number of hydrogen-bond donors (Lipinski definition) is 1. The van der Waals surface area contributed by atoms with Crippen molar-refractivity contribution < 1.29 is 9.53 Å². The fraction of sp³-hybridized carbons (Fsp3) is 0.368. The van der Waals surface area contributed by atoms with Crippen LogP contribution in [0.15, 0.2) is 42.6 Å². The number of amides is 1. The molecular weight excluding hydrogens is 302 g/mol. The summed E-state index contributed by atoms with van der Waals surface area (Å²) in [6.07, 6.45) is 3.81. The first kappa shape index (κ1) is 16.5. The zero-order valence-electron chi connectivity index (χ0n) is 14.0. The number of benzene rings is 1. The smallest absolute Gasteiger partial charge is 0.257 e. The highest BCUT2D eigenvalue weighted by Gasteiger charge is 2.13. The van der Waals surface area contributed by atoms with Gasteiger partial charge in [0.2, 0.25) is 0 Å². The van der Waals surface area contributed by atoms with E-state index >= 15 is 0 Å². The maximum Gasteiger partial charge on any atom is 0.257 e. The first-order chi connectivity index (χ1) is 11.8. The summed E-state index contributed by atoms with van der Waals surface area (Å²) in [6.45, 7) is 5.27. The van der Waals surface area contributed by atoms with E-state index in [1.807, 2.05) is 24.3 Å². The van der Waals surface area contributed by atoms with Crippen molar-refractivity contribution >= 4 is 17.4 Å². The number of ether oxygens (including phenoxy) is 1. The Morgan fingerprint density at radius 2 is 1.92 bits per heavy atom. The second-order valence-corrected chi connectivity index (χ2v) is 5.91. The van der Waals surface area contributed by atoms with Gasteiger partial charge in [-0.2, -0.15) is 0 Å². The fourth-order valence-electron chi connectivity index (χ4n) is 2.75. The number of carbonyl (C=O) groups is 1. The molecule has 0 bridgehead atoms. The molecule has 0 unspecified atom stereocenters. The lowest BCUT2D eigenvalue weighted by Gasteiger charge is -2.27. The summed E-state index contributed by atoms with van der Waals surface area (Å²) in [4.78, 5) is 18.9. The highest BCUT2D eigenvalue weighted by atomic mass is 16.5. The van der Waals surface area contributed by atoms with Gasteiger partial charge in [-0.15, -0.1) is 0 Å². The lowest BCUT2D eigenvalue weighted by Crippen LogP contribution is -2.36. The third-order valence-electron chi connectivity index (χ3n) is 4.10. The van der Waals surface area contributed by atoms with Crippen molar-refractivity contribution in [3.8, 4) is 0 Å². The zero-order valence-corrected chi connectivity index (χ0v) is 14.0. The number of anilines is 2. The number of aryl methyl sites for hydroxylation is 1. The van der Waals surface area contributed by atoms with E-state index in [-0.39, 0.29) is 5.91 Å². The van der Waals surface area contributed by atoms with E-state index in [2.05, 4.69) is 34.3 Å². The molecule has 1 fully saturated rings. The minimum atomic E-state index is -0.140. The van der Waals surface area contributed by atoms with Gasteiger partial charge in [0.05, 0.1) is 18.8 Å². The van der Waals surface area contributed by atoms with Gasteiger partial charge in [-0.3, -0.25) is 4.79 Å². The Kier molecular flexibility index (Phi) is 5.43. The number of rotatable bonds is 5. The molecule has 24 heavy (non-hydrogen) atoms. The minimum Gasteiger partial charge on any atom is -0.378 e. The SMILES string of the molecule is CCCc1ccc(NC(=O)c2ccc(N3CCOCC3)nc2)cc1. The highest BCUT2D eigenvalue weighted by molar-refractivity contribution is 6.04. The molecule has 0 radical (unpaired) electrons. The highest BCUT2D eigenvalue weighted by Crippen LogP contribution is 2.15. The van der Waals surface area contributed by atoms with Crippen LogP contribution in [0.5, 0.6) is 0 Å². The second-order valence-electron chi connectivity index (χ2n) is 5.91. The minimum absolute atomic E-state index is 0.140. The first-order valence-corrected chi connectivity index (χ1v) is 8.45. The molecule has 2 heterocycles. The van der Waals surface area contributed by atoms with Crippen molar-refractivity contribution in [3.05, 3.63) is 53.7 Å². The van der Waals surface area contributed by atoms with Crippen LogP contribution >= 0.6 is 0 Å². The van der Waals surface area contributed by atoms with Crippen molar-refractivity contribution in [2.45, 2.75) is 19.8 Å². The molecule has 1 N–H and O–H groups in total. The van der Waals surface area contributed by atoms with Crippen LogP contribution in [0, 0.1) is 0 Å². The quantitative estimate of drug-likeness (QED) is 0.918. The van der Waals surface area contributed by atoms with E-state index in [9.17, 15) is 4.79 Å². The summed E-state index contributed by atoms with van der Waals surface area (Å²) < 4.78 is 5.34. The van der Waals surface area contributed by atoms with Gasteiger partial charge in [0.1, 0.15) is 5.82 Å². The first-order valence-electron chi connectivity index (χ1n) is 8.45. The van der Waals surface area contributed by atoms with Crippen LogP contribution in [0.3, 0.4) is 0 Å². The summed E-state index contributed by atoms with van der Waals surface area (Å²) in [5.41, 5.74) is 2.65. The summed E-state index contributed by atoms with van der Waals surface area (Å²) >= 11 is 0. The van der Waals surface area contributed by atoms with Crippen LogP contribution in [0.4, 0.5) is 11.5 Å². The van der Waals surface area contributed by atoms with Crippen molar-refractivity contribution in [1.29, 1.82) is 0 Å². The molecule has 1 aromatic heterocycles. The number of pyridine rings is 1. The van der Waals surface area contributed by atoms with E-state index in [1.54, 1.807) is 6.20 Å². The molecule has 2 aromatic rings. The van der Waals surface area contributed by atoms with Crippen LogP contribution in [-0.2, 0) is 11.2 Å². The average molecular weight is 325 g/mol. The van der Waals surface area contributed by atoms with Crippen molar-refractivity contribution in [2.24, 2.45) is 0 Å². The predicted octanol–water partition coefficient (Wildman–Crippen LogP) is 3.12. The molecule has 0 saturated carbocycles. The lowest BCUT2D eigenvalue weighted by atomic mass is 10.1. The molecule has 1 saturated heterocycles. The Balaban J connectivity index is 1.62. The van der Waals surface area contributed by atoms with Crippen LogP contribution in [0.25, 0.3) is 0 Å². The van der Waals surface area contributed by atoms with Crippen LogP contribution in [0.1, 0.15) is 29.3 Å². The van der Waals surface area contributed by atoms with Gasteiger partial charge < -0.3 is 15.0 Å². The monoisotopic (exact) mass is 325 g/mol. The van der Waals surface area contributed by atoms with Gasteiger partial charge in [0.15, 0.2) is 0 Å². The Morgan fingerprint density at radius 1 is 1.17 bits per heavy atom. The number of nitrogens with one attached hydrogen (secondary N) is 1. The molecular formula is C19H23N3O2. The Labute approximate surface area is 142 Å². The zero-order chi connectivity index (χ0) is 16.8. The third kappa shape index (κ3) is 4.11. The van der Waals surface area contributed by atoms with E-state index in [1.165, 1.54) is 5.56 Å². The van der Waals surface area contributed by atoms with Gasteiger partial charge in [-0.25, -0.2) is 4.98 Å². The maximum atomic E-state index is 12.3. The van der Waals surface area contributed by atoms with E-state index in [0.717, 1.165) is 50.7 Å².